The molecule has 8 heteroatoms. The lowest BCUT2D eigenvalue weighted by Crippen LogP contribution is -2.35. The Hall–Kier alpha value is -3.06. The molecule has 4 rings (SSSR count). The Balaban J connectivity index is 1.49. The van der Waals surface area contributed by atoms with Crippen LogP contribution >= 0.6 is 11.6 Å². The van der Waals surface area contributed by atoms with E-state index in [9.17, 15) is 14.4 Å². The summed E-state index contributed by atoms with van der Waals surface area (Å²) in [6.07, 6.45) is 2.44. The smallest absolute Gasteiger partial charge is 0.229 e. The number of piperidine rings is 1. The summed E-state index contributed by atoms with van der Waals surface area (Å²) < 4.78 is 5.42. The molecule has 0 spiro atoms. The summed E-state index contributed by atoms with van der Waals surface area (Å²) in [4.78, 5) is 41.0. The molecular formula is C23H24ClN3O4. The number of nitrogens with zero attached hydrogens (tertiary/aromatic N) is 2. The number of methoxy groups -OCH3 is 1. The number of hydrogen-bond donors (Lipinski definition) is 1. The van der Waals surface area contributed by atoms with E-state index in [1.807, 2.05) is 0 Å². The van der Waals surface area contributed by atoms with Gasteiger partial charge in [0.2, 0.25) is 17.7 Å². The van der Waals surface area contributed by atoms with Gasteiger partial charge >= 0.3 is 0 Å². The van der Waals surface area contributed by atoms with Crippen molar-refractivity contribution in [3.05, 3.63) is 47.5 Å². The monoisotopic (exact) mass is 441 g/mol. The molecule has 2 saturated heterocycles. The van der Waals surface area contributed by atoms with Crippen molar-refractivity contribution >= 4 is 46.4 Å². The van der Waals surface area contributed by atoms with Crippen LogP contribution in [0, 0.1) is 5.92 Å². The molecule has 0 aromatic heterocycles. The second-order valence-electron chi connectivity index (χ2n) is 7.76. The fraction of sp³-hybridized carbons (Fsp3) is 0.348. The van der Waals surface area contributed by atoms with E-state index in [2.05, 4.69) is 5.32 Å². The Morgan fingerprint density at radius 2 is 1.94 bits per heavy atom. The number of amides is 3. The van der Waals surface area contributed by atoms with Crippen LogP contribution < -0.4 is 19.9 Å². The quantitative estimate of drug-likeness (QED) is 0.764. The molecule has 2 aliphatic rings. The minimum Gasteiger partial charge on any atom is -0.495 e. The molecule has 1 N–H and O–H groups in total. The van der Waals surface area contributed by atoms with Crippen LogP contribution in [-0.2, 0) is 14.4 Å². The van der Waals surface area contributed by atoms with Crippen LogP contribution in [0.4, 0.5) is 17.1 Å². The normalized spacial score (nSPS) is 19.0. The summed E-state index contributed by atoms with van der Waals surface area (Å²) >= 11 is 6.04. The first-order chi connectivity index (χ1) is 15.0. The van der Waals surface area contributed by atoms with Gasteiger partial charge in [0.1, 0.15) is 5.75 Å². The highest BCUT2D eigenvalue weighted by molar-refractivity contribution is 6.31. The van der Waals surface area contributed by atoms with Crippen LogP contribution in [0.1, 0.15) is 25.7 Å². The molecule has 0 saturated carbocycles. The fourth-order valence-corrected chi connectivity index (χ4v) is 4.24. The van der Waals surface area contributed by atoms with E-state index in [-0.39, 0.29) is 24.1 Å². The van der Waals surface area contributed by atoms with Crippen molar-refractivity contribution in [1.29, 1.82) is 0 Å². The maximum Gasteiger partial charge on any atom is 0.229 e. The van der Waals surface area contributed by atoms with Gasteiger partial charge in [0.05, 0.1) is 18.7 Å². The standard InChI is InChI=1S/C23H24ClN3O4/c1-31-20-9-8-17(13-19(20)26-10-3-2-7-21(26)28)25-23(30)15-11-22(29)27(14-15)18-6-4-5-16(24)12-18/h4-6,8-9,12-13,15H,2-3,7,10-11,14H2,1H3,(H,25,30). The summed E-state index contributed by atoms with van der Waals surface area (Å²) in [5, 5.41) is 3.43. The Morgan fingerprint density at radius 3 is 2.68 bits per heavy atom. The number of benzene rings is 2. The molecule has 2 aromatic rings. The largest absolute Gasteiger partial charge is 0.495 e. The van der Waals surface area contributed by atoms with Gasteiger partial charge in [-0.15, -0.1) is 0 Å². The van der Waals surface area contributed by atoms with E-state index in [0.717, 1.165) is 12.8 Å². The molecule has 2 aromatic carbocycles. The molecule has 162 valence electrons. The number of carbonyl (C=O) groups excluding carboxylic acids is 3. The summed E-state index contributed by atoms with van der Waals surface area (Å²) in [6, 6.07) is 12.3. The minimum absolute atomic E-state index is 0.0478. The highest BCUT2D eigenvalue weighted by Gasteiger charge is 2.35. The van der Waals surface area contributed by atoms with Crippen molar-refractivity contribution in [3.8, 4) is 5.75 Å². The third-order valence-electron chi connectivity index (χ3n) is 5.68. The Kier molecular flexibility index (Phi) is 6.13. The number of nitrogens with one attached hydrogen (secondary N) is 1. The van der Waals surface area contributed by atoms with Crippen molar-refractivity contribution in [2.75, 3.05) is 35.3 Å². The average Bonchev–Trinajstić information content (AvgIpc) is 3.16. The molecule has 2 aliphatic heterocycles. The molecule has 3 amide bonds. The van der Waals surface area contributed by atoms with Gasteiger partial charge < -0.3 is 19.9 Å². The van der Waals surface area contributed by atoms with Gasteiger partial charge in [0.15, 0.2) is 0 Å². The SMILES string of the molecule is COc1ccc(NC(=O)C2CC(=O)N(c3cccc(Cl)c3)C2)cc1N1CCCCC1=O. The zero-order valence-electron chi connectivity index (χ0n) is 17.3. The Morgan fingerprint density at radius 1 is 1.10 bits per heavy atom. The number of halogens is 1. The first kappa shape index (κ1) is 21.2. The van der Waals surface area contributed by atoms with E-state index >= 15 is 0 Å². The average molecular weight is 442 g/mol. The van der Waals surface area contributed by atoms with Gasteiger partial charge in [-0.25, -0.2) is 0 Å². The second kappa shape index (κ2) is 8.98. The maximum absolute atomic E-state index is 12.9. The number of rotatable bonds is 5. The number of carbonyl (C=O) groups is 3. The van der Waals surface area contributed by atoms with Crippen LogP contribution in [0.3, 0.4) is 0 Å². The van der Waals surface area contributed by atoms with Gasteiger partial charge in [-0.1, -0.05) is 17.7 Å². The summed E-state index contributed by atoms with van der Waals surface area (Å²) in [7, 11) is 1.56. The lowest BCUT2D eigenvalue weighted by molar-refractivity contribution is -0.122. The molecule has 1 atom stereocenters. The summed E-state index contributed by atoms with van der Waals surface area (Å²) in [6.45, 7) is 0.914. The first-order valence-electron chi connectivity index (χ1n) is 10.3. The number of ether oxygens (including phenoxy) is 1. The highest BCUT2D eigenvalue weighted by atomic mass is 35.5. The van der Waals surface area contributed by atoms with E-state index in [1.165, 1.54) is 0 Å². The van der Waals surface area contributed by atoms with E-state index in [1.54, 1.807) is 59.4 Å². The van der Waals surface area contributed by atoms with Crippen molar-refractivity contribution in [2.24, 2.45) is 5.92 Å². The molecular weight excluding hydrogens is 418 g/mol. The van der Waals surface area contributed by atoms with E-state index < -0.39 is 5.92 Å². The van der Waals surface area contributed by atoms with Gasteiger partial charge in [-0.05, 0) is 49.2 Å². The third kappa shape index (κ3) is 4.51. The lowest BCUT2D eigenvalue weighted by Gasteiger charge is -2.28. The van der Waals surface area contributed by atoms with Gasteiger partial charge in [-0.2, -0.15) is 0 Å². The third-order valence-corrected chi connectivity index (χ3v) is 5.91. The maximum atomic E-state index is 12.9. The summed E-state index contributed by atoms with van der Waals surface area (Å²) in [5.41, 5.74) is 1.89. The van der Waals surface area contributed by atoms with Crippen LogP contribution in [-0.4, -0.2) is 37.9 Å². The molecule has 0 aliphatic carbocycles. The molecule has 2 heterocycles. The zero-order chi connectivity index (χ0) is 22.0. The van der Waals surface area contributed by atoms with Crippen molar-refractivity contribution < 1.29 is 19.1 Å². The van der Waals surface area contributed by atoms with Crippen LogP contribution in [0.2, 0.25) is 5.02 Å². The number of hydrogen-bond acceptors (Lipinski definition) is 4. The van der Waals surface area contributed by atoms with Gasteiger partial charge in [-0.3, -0.25) is 14.4 Å². The predicted molar refractivity (Wildman–Crippen MR) is 120 cm³/mol. The molecule has 2 fully saturated rings. The topological polar surface area (TPSA) is 79.0 Å². The second-order valence-corrected chi connectivity index (χ2v) is 8.20. The van der Waals surface area contributed by atoms with Crippen LogP contribution in [0.15, 0.2) is 42.5 Å². The Labute approximate surface area is 185 Å². The molecule has 7 nitrogen and oxygen atoms in total. The van der Waals surface area contributed by atoms with Crippen molar-refractivity contribution in [3.63, 3.8) is 0 Å². The molecule has 0 bridgehead atoms. The van der Waals surface area contributed by atoms with Gasteiger partial charge in [0, 0.05) is 42.3 Å². The van der Waals surface area contributed by atoms with E-state index in [4.69, 9.17) is 16.3 Å². The van der Waals surface area contributed by atoms with Crippen LogP contribution in [0.5, 0.6) is 5.75 Å². The van der Waals surface area contributed by atoms with Crippen LogP contribution in [0.25, 0.3) is 0 Å². The molecule has 31 heavy (non-hydrogen) atoms. The minimum atomic E-state index is -0.478. The predicted octanol–water partition coefficient (Wildman–Crippen LogP) is 3.86. The first-order valence-corrected chi connectivity index (χ1v) is 10.7. The Bertz CT molecular complexity index is 1030. The lowest BCUT2D eigenvalue weighted by atomic mass is 10.1. The van der Waals surface area contributed by atoms with Crippen molar-refractivity contribution in [2.45, 2.75) is 25.7 Å². The van der Waals surface area contributed by atoms with Crippen molar-refractivity contribution in [1.82, 2.24) is 0 Å². The zero-order valence-corrected chi connectivity index (χ0v) is 18.0. The van der Waals surface area contributed by atoms with E-state index in [0.29, 0.717) is 47.3 Å². The van der Waals surface area contributed by atoms with Gasteiger partial charge in [0.25, 0.3) is 0 Å². The summed E-state index contributed by atoms with van der Waals surface area (Å²) in [5.74, 6) is -0.202. The fourth-order valence-electron chi connectivity index (χ4n) is 4.06. The number of anilines is 3. The molecule has 0 radical (unpaired) electrons. The molecule has 1 unspecified atom stereocenters. The highest BCUT2D eigenvalue weighted by Crippen LogP contribution is 2.34.